The van der Waals surface area contributed by atoms with Crippen LogP contribution in [0.15, 0.2) is 54.6 Å². The first-order chi connectivity index (χ1) is 11.9. The lowest BCUT2D eigenvalue weighted by molar-refractivity contribution is -0.144. The lowest BCUT2D eigenvalue weighted by Crippen LogP contribution is -2.34. The van der Waals surface area contributed by atoms with Gasteiger partial charge in [0.25, 0.3) is 0 Å². The number of rotatable bonds is 6. The van der Waals surface area contributed by atoms with Crippen LogP contribution >= 0.6 is 0 Å². The molecule has 0 heterocycles. The number of phenols is 1. The number of esters is 1. The summed E-state index contributed by atoms with van der Waals surface area (Å²) in [6.45, 7) is 2.08. The molecule has 0 bridgehead atoms. The monoisotopic (exact) mass is 344 g/mol. The van der Waals surface area contributed by atoms with E-state index in [1.165, 1.54) is 0 Å². The van der Waals surface area contributed by atoms with E-state index < -0.39 is 12.0 Å². The number of nitrogens with two attached hydrogens (primary N) is 2. The number of carbonyl (C=O) groups is 2. The van der Waals surface area contributed by atoms with E-state index in [0.29, 0.717) is 19.4 Å². The van der Waals surface area contributed by atoms with Gasteiger partial charge in [-0.25, -0.2) is 0 Å². The predicted octanol–water partition coefficient (Wildman–Crippen LogP) is 1.54. The van der Waals surface area contributed by atoms with Crippen LogP contribution in [-0.4, -0.2) is 29.6 Å². The number of primary amides is 1. The smallest absolute Gasteiger partial charge is 0.323 e. The normalized spacial score (nSPS) is 11.0. The van der Waals surface area contributed by atoms with Crippen molar-refractivity contribution in [2.24, 2.45) is 11.5 Å². The number of hydrogen-bond donors (Lipinski definition) is 3. The van der Waals surface area contributed by atoms with E-state index in [-0.39, 0.29) is 11.7 Å². The lowest BCUT2D eigenvalue weighted by atomic mass is 10.1. The van der Waals surface area contributed by atoms with Crippen LogP contribution in [0.5, 0.6) is 5.75 Å². The van der Waals surface area contributed by atoms with Crippen molar-refractivity contribution in [1.29, 1.82) is 0 Å². The number of hydrogen-bond acceptors (Lipinski definition) is 5. The van der Waals surface area contributed by atoms with Gasteiger partial charge in [-0.15, -0.1) is 0 Å². The van der Waals surface area contributed by atoms with Crippen LogP contribution in [-0.2, 0) is 27.2 Å². The molecule has 0 saturated heterocycles. The van der Waals surface area contributed by atoms with Gasteiger partial charge in [0.05, 0.1) is 13.0 Å². The Morgan fingerprint density at radius 1 is 1.04 bits per heavy atom. The molecule has 0 aromatic heterocycles. The minimum Gasteiger partial charge on any atom is -0.508 e. The summed E-state index contributed by atoms with van der Waals surface area (Å²) in [5.41, 5.74) is 12.5. The van der Waals surface area contributed by atoms with Crippen LogP contribution in [0.3, 0.4) is 0 Å². The predicted molar refractivity (Wildman–Crippen MR) is 95.8 cm³/mol. The molecule has 1 atom stereocenters. The third-order valence-corrected chi connectivity index (χ3v) is 3.20. The van der Waals surface area contributed by atoms with Gasteiger partial charge >= 0.3 is 5.97 Å². The zero-order chi connectivity index (χ0) is 18.7. The molecule has 2 rings (SSSR count). The fourth-order valence-electron chi connectivity index (χ4n) is 2.02. The molecule has 134 valence electrons. The second kappa shape index (κ2) is 10.8. The molecule has 2 aromatic carbocycles. The van der Waals surface area contributed by atoms with Crippen LogP contribution < -0.4 is 11.5 Å². The topological polar surface area (TPSA) is 116 Å². The first-order valence-corrected chi connectivity index (χ1v) is 7.94. The summed E-state index contributed by atoms with van der Waals surface area (Å²) in [6, 6.07) is 15.4. The van der Waals surface area contributed by atoms with Crippen molar-refractivity contribution in [3.8, 4) is 5.75 Å². The Hall–Kier alpha value is -2.86. The maximum atomic E-state index is 11.2. The zero-order valence-corrected chi connectivity index (χ0v) is 14.2. The van der Waals surface area contributed by atoms with Crippen LogP contribution in [0.2, 0.25) is 0 Å². The highest BCUT2D eigenvalue weighted by Crippen LogP contribution is 2.11. The van der Waals surface area contributed by atoms with Gasteiger partial charge in [-0.2, -0.15) is 0 Å². The van der Waals surface area contributed by atoms with Crippen molar-refractivity contribution in [3.63, 3.8) is 0 Å². The van der Waals surface area contributed by atoms with Crippen LogP contribution in [0.1, 0.15) is 18.1 Å². The molecule has 0 aliphatic carbocycles. The maximum absolute atomic E-state index is 11.2. The Labute approximate surface area is 147 Å². The Balaban J connectivity index is 0.000000271. The Morgan fingerprint density at radius 2 is 1.64 bits per heavy atom. The SMILES string of the molecule is CCOC(=O)C(N)Cc1ccc(O)cc1.NC(=O)Cc1ccccc1. The molecule has 0 saturated carbocycles. The van der Waals surface area contributed by atoms with Crippen molar-refractivity contribution in [1.82, 2.24) is 0 Å². The minimum atomic E-state index is -0.644. The van der Waals surface area contributed by atoms with E-state index in [1.807, 2.05) is 30.3 Å². The van der Waals surface area contributed by atoms with Gasteiger partial charge in [-0.3, -0.25) is 9.59 Å². The number of aromatic hydroxyl groups is 1. The highest BCUT2D eigenvalue weighted by atomic mass is 16.5. The van der Waals surface area contributed by atoms with E-state index in [9.17, 15) is 9.59 Å². The lowest BCUT2D eigenvalue weighted by Gasteiger charge is -2.10. The van der Waals surface area contributed by atoms with E-state index in [0.717, 1.165) is 11.1 Å². The van der Waals surface area contributed by atoms with Crippen molar-refractivity contribution >= 4 is 11.9 Å². The number of benzene rings is 2. The van der Waals surface area contributed by atoms with Crippen LogP contribution in [0.4, 0.5) is 0 Å². The molecule has 6 nitrogen and oxygen atoms in total. The number of phenolic OH excluding ortho intramolecular Hbond substituents is 1. The van der Waals surface area contributed by atoms with Gasteiger partial charge in [0.2, 0.25) is 5.91 Å². The van der Waals surface area contributed by atoms with Gasteiger partial charge in [-0.05, 0) is 36.6 Å². The summed E-state index contributed by atoms with van der Waals surface area (Å²) in [4.78, 5) is 21.6. The number of carbonyl (C=O) groups excluding carboxylic acids is 2. The summed E-state index contributed by atoms with van der Waals surface area (Å²) >= 11 is 0. The van der Waals surface area contributed by atoms with Gasteiger partial charge in [-0.1, -0.05) is 42.5 Å². The molecule has 2 aromatic rings. The molecule has 0 spiro atoms. The largest absolute Gasteiger partial charge is 0.508 e. The van der Waals surface area contributed by atoms with Gasteiger partial charge < -0.3 is 21.3 Å². The third kappa shape index (κ3) is 8.53. The molecular formula is C19H24N2O4. The Kier molecular flexibility index (Phi) is 8.74. The molecule has 1 unspecified atom stereocenters. The van der Waals surface area contributed by atoms with Gasteiger partial charge in [0, 0.05) is 0 Å². The standard InChI is InChI=1S/C11H15NO3.C8H9NO/c1-2-15-11(14)10(12)7-8-3-5-9(13)6-4-8;9-8(10)6-7-4-2-1-3-5-7/h3-6,10,13H,2,7,12H2,1H3;1-5H,6H2,(H2,9,10). The molecular weight excluding hydrogens is 320 g/mol. The summed E-state index contributed by atoms with van der Waals surface area (Å²) in [5.74, 6) is -0.486. The fourth-order valence-corrected chi connectivity index (χ4v) is 2.02. The van der Waals surface area contributed by atoms with E-state index in [4.69, 9.17) is 21.3 Å². The van der Waals surface area contributed by atoms with E-state index in [1.54, 1.807) is 31.2 Å². The quantitative estimate of drug-likeness (QED) is 0.688. The van der Waals surface area contributed by atoms with Crippen molar-refractivity contribution in [2.45, 2.75) is 25.8 Å². The average molecular weight is 344 g/mol. The van der Waals surface area contributed by atoms with Crippen LogP contribution in [0.25, 0.3) is 0 Å². The molecule has 0 aliphatic rings. The molecule has 0 radical (unpaired) electrons. The first kappa shape index (κ1) is 20.2. The molecule has 0 fully saturated rings. The summed E-state index contributed by atoms with van der Waals surface area (Å²) < 4.78 is 4.79. The molecule has 1 amide bonds. The molecule has 6 heteroatoms. The summed E-state index contributed by atoms with van der Waals surface area (Å²) in [5, 5.41) is 9.06. The number of amides is 1. The van der Waals surface area contributed by atoms with Gasteiger partial charge in [0.15, 0.2) is 0 Å². The summed E-state index contributed by atoms with van der Waals surface area (Å²) in [6.07, 6.45) is 0.750. The summed E-state index contributed by atoms with van der Waals surface area (Å²) in [7, 11) is 0. The van der Waals surface area contributed by atoms with E-state index in [2.05, 4.69) is 0 Å². The molecule has 25 heavy (non-hydrogen) atoms. The average Bonchev–Trinajstić information content (AvgIpc) is 2.58. The third-order valence-electron chi connectivity index (χ3n) is 3.20. The second-order valence-electron chi connectivity index (χ2n) is 5.36. The second-order valence-corrected chi connectivity index (χ2v) is 5.36. The molecule has 5 N–H and O–H groups in total. The highest BCUT2D eigenvalue weighted by Gasteiger charge is 2.14. The van der Waals surface area contributed by atoms with E-state index >= 15 is 0 Å². The van der Waals surface area contributed by atoms with Crippen LogP contribution in [0, 0.1) is 0 Å². The Bertz CT molecular complexity index is 657. The van der Waals surface area contributed by atoms with Crippen molar-refractivity contribution in [3.05, 3.63) is 65.7 Å². The van der Waals surface area contributed by atoms with Gasteiger partial charge in [0.1, 0.15) is 11.8 Å². The number of ether oxygens (including phenoxy) is 1. The Morgan fingerprint density at radius 3 is 2.16 bits per heavy atom. The zero-order valence-electron chi connectivity index (χ0n) is 14.2. The van der Waals surface area contributed by atoms with Crippen molar-refractivity contribution in [2.75, 3.05) is 6.61 Å². The van der Waals surface area contributed by atoms with Crippen molar-refractivity contribution < 1.29 is 19.4 Å². The minimum absolute atomic E-state index is 0.198. The first-order valence-electron chi connectivity index (χ1n) is 7.94. The molecule has 0 aliphatic heterocycles. The fraction of sp³-hybridized carbons (Fsp3) is 0.263. The highest BCUT2D eigenvalue weighted by molar-refractivity contribution is 5.76. The maximum Gasteiger partial charge on any atom is 0.323 e.